The van der Waals surface area contributed by atoms with Crippen LogP contribution in [0.2, 0.25) is 0 Å². The van der Waals surface area contributed by atoms with Crippen LogP contribution in [0.4, 0.5) is 5.69 Å². The predicted octanol–water partition coefficient (Wildman–Crippen LogP) is 2.14. The van der Waals surface area contributed by atoms with E-state index in [2.05, 4.69) is 15.9 Å². The number of halogens is 1. The summed E-state index contributed by atoms with van der Waals surface area (Å²) in [7, 11) is 0. The van der Waals surface area contributed by atoms with Gasteiger partial charge in [-0.1, -0.05) is 22.0 Å². The number of hydrogen-bond acceptors (Lipinski definition) is 4. The summed E-state index contributed by atoms with van der Waals surface area (Å²) in [5, 5.41) is 11.6. The van der Waals surface area contributed by atoms with Gasteiger partial charge in [0.1, 0.15) is 0 Å². The van der Waals surface area contributed by atoms with E-state index in [1.54, 1.807) is 24.0 Å². The summed E-state index contributed by atoms with van der Waals surface area (Å²) in [5.41, 5.74) is 0.758. The van der Waals surface area contributed by atoms with E-state index in [0.29, 0.717) is 36.2 Å². The highest BCUT2D eigenvalue weighted by atomic mass is 79.9. The van der Waals surface area contributed by atoms with Crippen molar-refractivity contribution in [3.63, 3.8) is 0 Å². The molecule has 1 aliphatic heterocycles. The number of nitrogens with zero attached hydrogens (tertiary/aromatic N) is 2. The van der Waals surface area contributed by atoms with E-state index in [1.807, 2.05) is 0 Å². The van der Waals surface area contributed by atoms with E-state index in [4.69, 9.17) is 4.74 Å². The smallest absolute Gasteiger partial charge is 0.273 e. The molecule has 7 heteroatoms. The van der Waals surface area contributed by atoms with Crippen LogP contribution in [0.15, 0.2) is 18.2 Å². The fraction of sp³-hybridized carbons (Fsp3) is 0.462. The average molecular weight is 343 g/mol. The third kappa shape index (κ3) is 2.83. The maximum Gasteiger partial charge on any atom is 0.273 e. The van der Waals surface area contributed by atoms with Gasteiger partial charge in [0.15, 0.2) is 0 Å². The van der Waals surface area contributed by atoms with Gasteiger partial charge in [-0.15, -0.1) is 0 Å². The molecule has 1 heterocycles. The Morgan fingerprint density at radius 3 is 3.00 bits per heavy atom. The molecule has 1 atom stereocenters. The highest BCUT2D eigenvalue weighted by Gasteiger charge is 2.29. The third-order valence-electron chi connectivity index (χ3n) is 3.40. The summed E-state index contributed by atoms with van der Waals surface area (Å²) in [6.07, 6.45) is 0. The number of benzene rings is 1. The molecular weight excluding hydrogens is 328 g/mol. The Morgan fingerprint density at radius 2 is 2.35 bits per heavy atom. The van der Waals surface area contributed by atoms with Gasteiger partial charge in [-0.2, -0.15) is 0 Å². The molecule has 1 saturated heterocycles. The van der Waals surface area contributed by atoms with E-state index in [9.17, 15) is 14.9 Å². The van der Waals surface area contributed by atoms with Crippen molar-refractivity contribution in [2.45, 2.75) is 13.0 Å². The Hall–Kier alpha value is -1.47. The quantitative estimate of drug-likeness (QED) is 0.479. The predicted molar refractivity (Wildman–Crippen MR) is 77.3 cm³/mol. The Labute approximate surface area is 125 Å². The lowest BCUT2D eigenvalue weighted by Gasteiger charge is -2.34. The van der Waals surface area contributed by atoms with Crippen LogP contribution in [0.5, 0.6) is 0 Å². The molecule has 6 nitrogen and oxygen atoms in total. The van der Waals surface area contributed by atoms with Gasteiger partial charge < -0.3 is 9.64 Å². The zero-order chi connectivity index (χ0) is 14.7. The molecular formula is C13H15BrN2O4. The van der Waals surface area contributed by atoms with Gasteiger partial charge in [0.25, 0.3) is 11.6 Å². The second kappa shape index (κ2) is 6.32. The van der Waals surface area contributed by atoms with Crippen molar-refractivity contribution in [1.82, 2.24) is 4.90 Å². The van der Waals surface area contributed by atoms with Crippen molar-refractivity contribution < 1.29 is 14.5 Å². The number of hydrogen-bond donors (Lipinski definition) is 0. The first-order valence-electron chi connectivity index (χ1n) is 6.25. The van der Waals surface area contributed by atoms with Gasteiger partial charge in [0.05, 0.1) is 24.2 Å². The van der Waals surface area contributed by atoms with Gasteiger partial charge in [-0.05, 0) is 13.0 Å². The van der Waals surface area contributed by atoms with Gasteiger partial charge in [0.2, 0.25) is 0 Å². The molecule has 0 saturated carbocycles. The Bertz CT molecular complexity index is 535. The fourth-order valence-corrected chi connectivity index (χ4v) is 2.79. The molecule has 108 valence electrons. The molecule has 0 N–H and O–H groups in total. The second-order valence-electron chi connectivity index (χ2n) is 4.59. The van der Waals surface area contributed by atoms with E-state index in [0.717, 1.165) is 0 Å². The Morgan fingerprint density at radius 1 is 1.60 bits per heavy atom. The number of carbonyl (C=O) groups is 1. The first kappa shape index (κ1) is 14.9. The zero-order valence-corrected chi connectivity index (χ0v) is 12.6. The first-order chi connectivity index (χ1) is 9.56. The van der Waals surface area contributed by atoms with Crippen LogP contribution in [-0.4, -0.2) is 46.9 Å². The molecule has 1 aromatic carbocycles. The van der Waals surface area contributed by atoms with Gasteiger partial charge >= 0.3 is 0 Å². The number of nitro benzene ring substituents is 1. The summed E-state index contributed by atoms with van der Waals surface area (Å²) in [6.45, 7) is 3.07. The molecule has 1 aromatic rings. The Balaban J connectivity index is 2.33. The standard InChI is InChI=1S/C13H15BrN2O4/c1-9-11(3-2-4-12(9)16(18)19)13(17)15-5-6-20-8-10(15)7-14/h2-4,10H,5-8H2,1H3. The molecule has 20 heavy (non-hydrogen) atoms. The summed E-state index contributed by atoms with van der Waals surface area (Å²) in [4.78, 5) is 24.8. The SMILES string of the molecule is Cc1c(C(=O)N2CCOCC2CBr)cccc1[N+](=O)[O-]. The van der Waals surface area contributed by atoms with Crippen LogP contribution in [0.3, 0.4) is 0 Å². The van der Waals surface area contributed by atoms with Crippen LogP contribution < -0.4 is 0 Å². The monoisotopic (exact) mass is 342 g/mol. The highest BCUT2D eigenvalue weighted by molar-refractivity contribution is 9.09. The van der Waals surface area contributed by atoms with Crippen LogP contribution >= 0.6 is 15.9 Å². The van der Waals surface area contributed by atoms with Gasteiger partial charge in [-0.3, -0.25) is 14.9 Å². The topological polar surface area (TPSA) is 72.7 Å². The molecule has 0 spiro atoms. The first-order valence-corrected chi connectivity index (χ1v) is 7.37. The number of morpholine rings is 1. The molecule has 2 rings (SSSR count). The van der Waals surface area contributed by atoms with Crippen molar-refractivity contribution >= 4 is 27.5 Å². The van der Waals surface area contributed by atoms with Gasteiger partial charge in [0, 0.05) is 29.1 Å². The molecule has 0 radical (unpaired) electrons. The maximum atomic E-state index is 12.6. The Kier molecular flexibility index (Phi) is 4.72. The lowest BCUT2D eigenvalue weighted by molar-refractivity contribution is -0.385. The van der Waals surface area contributed by atoms with Crippen molar-refractivity contribution in [2.75, 3.05) is 25.1 Å². The number of alkyl halides is 1. The molecule has 1 aliphatic rings. The number of amides is 1. The lowest BCUT2D eigenvalue weighted by atomic mass is 10.0. The van der Waals surface area contributed by atoms with E-state index in [-0.39, 0.29) is 17.6 Å². The molecule has 1 amide bonds. The molecule has 1 fully saturated rings. The van der Waals surface area contributed by atoms with E-state index in [1.165, 1.54) is 6.07 Å². The largest absolute Gasteiger partial charge is 0.377 e. The number of ether oxygens (including phenoxy) is 1. The fourth-order valence-electron chi connectivity index (χ4n) is 2.26. The minimum Gasteiger partial charge on any atom is -0.377 e. The normalized spacial score (nSPS) is 18.9. The van der Waals surface area contributed by atoms with Crippen LogP contribution in [0.25, 0.3) is 0 Å². The van der Waals surface area contributed by atoms with E-state index >= 15 is 0 Å². The minimum absolute atomic E-state index is 0.0282. The summed E-state index contributed by atoms with van der Waals surface area (Å²) in [6, 6.07) is 4.54. The minimum atomic E-state index is -0.465. The van der Waals surface area contributed by atoms with E-state index < -0.39 is 4.92 Å². The van der Waals surface area contributed by atoms with Gasteiger partial charge in [-0.25, -0.2) is 0 Å². The lowest BCUT2D eigenvalue weighted by Crippen LogP contribution is -2.49. The van der Waals surface area contributed by atoms with Crippen LogP contribution in [0, 0.1) is 17.0 Å². The molecule has 0 aromatic heterocycles. The number of nitro groups is 1. The summed E-state index contributed by atoms with van der Waals surface area (Å²) < 4.78 is 5.35. The average Bonchev–Trinajstić information content (AvgIpc) is 2.46. The molecule has 0 bridgehead atoms. The van der Waals surface area contributed by atoms with Crippen LogP contribution in [0.1, 0.15) is 15.9 Å². The van der Waals surface area contributed by atoms with Crippen molar-refractivity contribution in [3.05, 3.63) is 39.4 Å². The number of rotatable bonds is 3. The third-order valence-corrected chi connectivity index (χ3v) is 4.15. The molecule has 1 unspecified atom stereocenters. The van der Waals surface area contributed by atoms with Crippen molar-refractivity contribution in [1.29, 1.82) is 0 Å². The maximum absolute atomic E-state index is 12.6. The number of carbonyl (C=O) groups excluding carboxylic acids is 1. The van der Waals surface area contributed by atoms with Crippen molar-refractivity contribution in [2.24, 2.45) is 0 Å². The second-order valence-corrected chi connectivity index (χ2v) is 5.24. The summed E-state index contributed by atoms with van der Waals surface area (Å²) in [5.74, 6) is -0.182. The highest BCUT2D eigenvalue weighted by Crippen LogP contribution is 2.23. The summed E-state index contributed by atoms with van der Waals surface area (Å²) >= 11 is 3.37. The van der Waals surface area contributed by atoms with Crippen LogP contribution in [-0.2, 0) is 4.74 Å². The van der Waals surface area contributed by atoms with Crippen molar-refractivity contribution in [3.8, 4) is 0 Å². The zero-order valence-electron chi connectivity index (χ0n) is 11.0. The molecule has 0 aliphatic carbocycles.